The summed E-state index contributed by atoms with van der Waals surface area (Å²) in [5.74, 6) is 2.09. The van der Waals surface area contributed by atoms with Crippen molar-refractivity contribution < 1.29 is 0 Å². The Morgan fingerprint density at radius 1 is 1.33 bits per heavy atom. The van der Waals surface area contributed by atoms with Crippen molar-refractivity contribution in [2.24, 2.45) is 0 Å². The minimum Gasteiger partial charge on any atom is -0.307 e. The predicted molar refractivity (Wildman–Crippen MR) is 76.0 cm³/mol. The van der Waals surface area contributed by atoms with Crippen LogP contribution in [0.1, 0.15) is 24.7 Å². The third-order valence-electron chi connectivity index (χ3n) is 2.98. The molecule has 0 bridgehead atoms. The van der Waals surface area contributed by atoms with Crippen molar-refractivity contribution >= 4 is 39.1 Å². The highest BCUT2D eigenvalue weighted by molar-refractivity contribution is 9.10. The van der Waals surface area contributed by atoms with E-state index < -0.39 is 0 Å². The molecule has 18 heavy (non-hydrogen) atoms. The molecule has 1 aromatic carbocycles. The van der Waals surface area contributed by atoms with Crippen LogP contribution in [-0.2, 0) is 5.88 Å². The highest BCUT2D eigenvalue weighted by Crippen LogP contribution is 2.39. The lowest BCUT2D eigenvalue weighted by Gasteiger charge is -2.08. The molecule has 3 nitrogen and oxygen atoms in total. The summed E-state index contributed by atoms with van der Waals surface area (Å²) in [6, 6.07) is 6.27. The molecule has 0 saturated heterocycles. The fourth-order valence-electron chi connectivity index (χ4n) is 1.96. The first kappa shape index (κ1) is 12.5. The third kappa shape index (κ3) is 2.17. The molecule has 3 rings (SSSR count). The Labute approximate surface area is 123 Å². The molecule has 0 amide bonds. The molecule has 0 aliphatic heterocycles. The zero-order chi connectivity index (χ0) is 12.7. The maximum atomic E-state index is 6.00. The van der Waals surface area contributed by atoms with Crippen LogP contribution in [0.5, 0.6) is 0 Å². The van der Waals surface area contributed by atoms with E-state index in [0.29, 0.717) is 16.9 Å². The lowest BCUT2D eigenvalue weighted by Crippen LogP contribution is -2.01. The van der Waals surface area contributed by atoms with Crippen LogP contribution in [0.15, 0.2) is 22.7 Å². The molecule has 2 aromatic rings. The molecular weight excluding hydrogens is 337 g/mol. The third-order valence-corrected chi connectivity index (χ3v) is 4.43. The van der Waals surface area contributed by atoms with Crippen LogP contribution < -0.4 is 0 Å². The molecule has 0 spiro atoms. The van der Waals surface area contributed by atoms with Crippen LogP contribution in [-0.4, -0.2) is 14.8 Å². The predicted octanol–water partition coefficient (Wildman–Crippen LogP) is 4.43. The second-order valence-electron chi connectivity index (χ2n) is 4.30. The molecule has 1 heterocycles. The van der Waals surface area contributed by atoms with Crippen molar-refractivity contribution in [3.63, 3.8) is 0 Å². The van der Waals surface area contributed by atoms with Gasteiger partial charge in [-0.15, -0.1) is 21.8 Å². The van der Waals surface area contributed by atoms with E-state index in [1.54, 1.807) is 0 Å². The second-order valence-corrected chi connectivity index (χ2v) is 5.83. The van der Waals surface area contributed by atoms with Crippen LogP contribution in [0.25, 0.3) is 11.4 Å². The van der Waals surface area contributed by atoms with E-state index in [-0.39, 0.29) is 0 Å². The van der Waals surface area contributed by atoms with Crippen LogP contribution in [0.3, 0.4) is 0 Å². The quantitative estimate of drug-likeness (QED) is 0.769. The van der Waals surface area contributed by atoms with E-state index >= 15 is 0 Å². The molecule has 0 atom stereocenters. The Kier molecular flexibility index (Phi) is 3.34. The Hall–Kier alpha value is -0.580. The number of hydrogen-bond acceptors (Lipinski definition) is 2. The monoisotopic (exact) mass is 345 g/mol. The van der Waals surface area contributed by atoms with Gasteiger partial charge in [0.25, 0.3) is 0 Å². The molecule has 1 aliphatic rings. The lowest BCUT2D eigenvalue weighted by atomic mass is 10.2. The van der Waals surface area contributed by atoms with Crippen molar-refractivity contribution in [1.29, 1.82) is 0 Å². The molecule has 1 aliphatic carbocycles. The SMILES string of the molecule is ClCc1nnc(-c2ccc(Cl)c(Br)c2)n1C1CC1. The van der Waals surface area contributed by atoms with Crippen molar-refractivity contribution in [2.75, 3.05) is 0 Å². The van der Waals surface area contributed by atoms with E-state index in [0.717, 1.165) is 21.7 Å². The molecule has 1 saturated carbocycles. The molecular formula is C12H10BrCl2N3. The van der Waals surface area contributed by atoms with Gasteiger partial charge in [0.2, 0.25) is 0 Å². The van der Waals surface area contributed by atoms with Crippen molar-refractivity contribution in [2.45, 2.75) is 24.8 Å². The maximum Gasteiger partial charge on any atom is 0.164 e. The van der Waals surface area contributed by atoms with Gasteiger partial charge in [-0.3, -0.25) is 0 Å². The number of aromatic nitrogens is 3. The summed E-state index contributed by atoms with van der Waals surface area (Å²) in [5.41, 5.74) is 1.00. The highest BCUT2D eigenvalue weighted by atomic mass is 79.9. The van der Waals surface area contributed by atoms with Crippen molar-refractivity contribution in [3.8, 4) is 11.4 Å². The minimum atomic E-state index is 0.387. The van der Waals surface area contributed by atoms with Crippen molar-refractivity contribution in [1.82, 2.24) is 14.8 Å². The molecule has 0 radical (unpaired) electrons. The Morgan fingerprint density at radius 3 is 2.72 bits per heavy atom. The molecule has 0 N–H and O–H groups in total. The largest absolute Gasteiger partial charge is 0.307 e. The van der Waals surface area contributed by atoms with Gasteiger partial charge in [-0.25, -0.2) is 0 Å². The van der Waals surface area contributed by atoms with E-state index in [1.807, 2.05) is 18.2 Å². The zero-order valence-electron chi connectivity index (χ0n) is 9.41. The van der Waals surface area contributed by atoms with E-state index in [2.05, 4.69) is 30.7 Å². The van der Waals surface area contributed by atoms with Gasteiger partial charge in [0.1, 0.15) is 5.82 Å². The first-order valence-corrected chi connectivity index (χ1v) is 7.36. The standard InChI is InChI=1S/C12H10BrCl2N3/c13-9-5-7(1-4-10(9)15)12-17-16-11(6-14)18(12)8-2-3-8/h1,4-5,8H,2-3,6H2. The van der Waals surface area contributed by atoms with Gasteiger partial charge < -0.3 is 4.57 Å². The number of benzene rings is 1. The van der Waals surface area contributed by atoms with Gasteiger partial charge in [0.15, 0.2) is 5.82 Å². The molecule has 1 fully saturated rings. The normalized spacial score (nSPS) is 15.1. The number of halogens is 3. The first-order valence-electron chi connectivity index (χ1n) is 5.66. The van der Waals surface area contributed by atoms with E-state index in [1.165, 1.54) is 12.8 Å². The number of nitrogens with zero attached hydrogens (tertiary/aromatic N) is 3. The molecule has 6 heteroatoms. The van der Waals surface area contributed by atoms with E-state index in [9.17, 15) is 0 Å². The second kappa shape index (κ2) is 4.83. The van der Waals surface area contributed by atoms with Gasteiger partial charge in [-0.1, -0.05) is 11.6 Å². The van der Waals surface area contributed by atoms with Crippen LogP contribution >= 0.6 is 39.1 Å². The Balaban J connectivity index is 2.10. The average Bonchev–Trinajstić information content (AvgIpc) is 3.12. The minimum absolute atomic E-state index is 0.387. The molecule has 94 valence electrons. The Morgan fingerprint density at radius 2 is 2.11 bits per heavy atom. The summed E-state index contributed by atoms with van der Waals surface area (Å²) in [6.45, 7) is 0. The molecule has 1 aromatic heterocycles. The zero-order valence-corrected chi connectivity index (χ0v) is 12.5. The summed E-state index contributed by atoms with van der Waals surface area (Å²) in [4.78, 5) is 0. The topological polar surface area (TPSA) is 30.7 Å². The van der Waals surface area contributed by atoms with E-state index in [4.69, 9.17) is 23.2 Å². The summed E-state index contributed by atoms with van der Waals surface area (Å²) in [5, 5.41) is 9.10. The lowest BCUT2D eigenvalue weighted by molar-refractivity contribution is 0.712. The van der Waals surface area contributed by atoms with Crippen LogP contribution in [0.4, 0.5) is 0 Å². The van der Waals surface area contributed by atoms with Crippen molar-refractivity contribution in [3.05, 3.63) is 33.5 Å². The smallest absolute Gasteiger partial charge is 0.164 e. The number of alkyl halides is 1. The summed E-state index contributed by atoms with van der Waals surface area (Å²) >= 11 is 15.3. The Bertz CT molecular complexity index is 593. The van der Waals surface area contributed by atoms with Gasteiger partial charge in [-0.2, -0.15) is 0 Å². The van der Waals surface area contributed by atoms with Gasteiger partial charge >= 0.3 is 0 Å². The fourth-order valence-corrected chi connectivity index (χ4v) is 2.64. The molecule has 0 unspecified atom stereocenters. The van der Waals surface area contributed by atoms with Gasteiger partial charge in [-0.05, 0) is 47.0 Å². The van der Waals surface area contributed by atoms with Gasteiger partial charge in [0, 0.05) is 16.1 Å². The van der Waals surface area contributed by atoms with Gasteiger partial charge in [0.05, 0.1) is 10.9 Å². The summed E-state index contributed by atoms with van der Waals surface area (Å²) in [7, 11) is 0. The van der Waals surface area contributed by atoms with Crippen LogP contribution in [0.2, 0.25) is 5.02 Å². The van der Waals surface area contributed by atoms with Crippen LogP contribution in [0, 0.1) is 0 Å². The average molecular weight is 347 g/mol. The number of hydrogen-bond donors (Lipinski definition) is 0. The number of rotatable bonds is 3. The maximum absolute atomic E-state index is 6.00. The summed E-state index contributed by atoms with van der Waals surface area (Å²) < 4.78 is 3.00. The highest BCUT2D eigenvalue weighted by Gasteiger charge is 2.29. The summed E-state index contributed by atoms with van der Waals surface area (Å²) in [6.07, 6.45) is 2.34. The first-order chi connectivity index (χ1) is 8.70. The fraction of sp³-hybridized carbons (Fsp3) is 0.333.